The molecule has 0 spiro atoms. The first-order chi connectivity index (χ1) is 8.55. The van der Waals surface area contributed by atoms with Gasteiger partial charge in [0.15, 0.2) is 11.6 Å². The molecule has 1 aliphatic carbocycles. The van der Waals surface area contributed by atoms with Crippen LogP contribution < -0.4 is 10.5 Å². The van der Waals surface area contributed by atoms with Gasteiger partial charge in [0.25, 0.3) is 0 Å². The lowest BCUT2D eigenvalue weighted by Crippen LogP contribution is -2.33. The molecule has 0 heterocycles. The normalized spacial score (nSPS) is 18.1. The first-order valence-electron chi connectivity index (χ1n) is 6.29. The molecule has 1 aromatic rings. The van der Waals surface area contributed by atoms with Gasteiger partial charge in [-0.25, -0.2) is 4.39 Å². The number of rotatable bonds is 3. The molecule has 1 fully saturated rings. The highest BCUT2D eigenvalue weighted by atomic mass is 35.5. The van der Waals surface area contributed by atoms with E-state index in [4.69, 9.17) is 22.1 Å². The average Bonchev–Trinajstić information content (AvgIpc) is 2.84. The summed E-state index contributed by atoms with van der Waals surface area (Å²) in [6, 6.07) is 1.83. The van der Waals surface area contributed by atoms with Gasteiger partial charge in [0.1, 0.15) is 0 Å². The molecule has 1 saturated carbocycles. The van der Waals surface area contributed by atoms with Crippen LogP contribution >= 0.6 is 11.6 Å². The van der Waals surface area contributed by atoms with Crippen molar-refractivity contribution in [2.75, 3.05) is 13.7 Å². The third kappa shape index (κ3) is 1.99. The van der Waals surface area contributed by atoms with Crippen LogP contribution in [-0.4, -0.2) is 13.7 Å². The number of nitrogens with two attached hydrogens (primary N) is 1. The maximum Gasteiger partial charge on any atom is 0.173 e. The highest BCUT2D eigenvalue weighted by Gasteiger charge is 2.38. The van der Waals surface area contributed by atoms with Crippen molar-refractivity contribution in [1.82, 2.24) is 0 Å². The van der Waals surface area contributed by atoms with Crippen molar-refractivity contribution >= 4 is 11.6 Å². The molecule has 0 radical (unpaired) electrons. The molecule has 0 amide bonds. The zero-order valence-electron chi connectivity index (χ0n) is 10.9. The van der Waals surface area contributed by atoms with Gasteiger partial charge in [0.05, 0.1) is 12.1 Å². The predicted octanol–water partition coefficient (Wildman–Crippen LogP) is 3.57. The maximum atomic E-state index is 14.5. The van der Waals surface area contributed by atoms with Crippen LogP contribution in [0.3, 0.4) is 0 Å². The highest BCUT2D eigenvalue weighted by molar-refractivity contribution is 6.32. The highest BCUT2D eigenvalue weighted by Crippen LogP contribution is 2.45. The monoisotopic (exact) mass is 271 g/mol. The summed E-state index contributed by atoms with van der Waals surface area (Å²) in [5.41, 5.74) is 7.17. The van der Waals surface area contributed by atoms with E-state index in [1.165, 1.54) is 7.11 Å². The Labute approximate surface area is 112 Å². The van der Waals surface area contributed by atoms with Crippen molar-refractivity contribution in [1.29, 1.82) is 0 Å². The van der Waals surface area contributed by atoms with Crippen LogP contribution in [0.5, 0.6) is 5.75 Å². The maximum absolute atomic E-state index is 14.5. The van der Waals surface area contributed by atoms with E-state index in [-0.39, 0.29) is 17.0 Å². The van der Waals surface area contributed by atoms with Gasteiger partial charge in [-0.2, -0.15) is 0 Å². The molecule has 0 atom stereocenters. The Kier molecular flexibility index (Phi) is 3.83. The molecule has 1 aliphatic rings. The van der Waals surface area contributed by atoms with Crippen LogP contribution in [0.4, 0.5) is 4.39 Å². The fourth-order valence-corrected chi connectivity index (χ4v) is 3.16. The smallest absolute Gasteiger partial charge is 0.173 e. The van der Waals surface area contributed by atoms with Gasteiger partial charge in [0.2, 0.25) is 0 Å². The Morgan fingerprint density at radius 3 is 2.56 bits per heavy atom. The summed E-state index contributed by atoms with van der Waals surface area (Å²) in [5, 5.41) is 0.351. The van der Waals surface area contributed by atoms with Crippen molar-refractivity contribution in [3.05, 3.63) is 28.0 Å². The Morgan fingerprint density at radius 2 is 2.06 bits per heavy atom. The van der Waals surface area contributed by atoms with Gasteiger partial charge < -0.3 is 10.5 Å². The number of ether oxygens (including phenoxy) is 1. The van der Waals surface area contributed by atoms with Gasteiger partial charge in [0, 0.05) is 12.0 Å². The number of benzene rings is 1. The summed E-state index contributed by atoms with van der Waals surface area (Å²) >= 11 is 6.07. The first kappa shape index (κ1) is 13.6. The molecule has 0 unspecified atom stereocenters. The lowest BCUT2D eigenvalue weighted by atomic mass is 9.78. The molecule has 18 heavy (non-hydrogen) atoms. The average molecular weight is 272 g/mol. The van der Waals surface area contributed by atoms with E-state index in [0.29, 0.717) is 17.1 Å². The summed E-state index contributed by atoms with van der Waals surface area (Å²) < 4.78 is 19.6. The minimum Gasteiger partial charge on any atom is -0.492 e. The predicted molar refractivity (Wildman–Crippen MR) is 71.9 cm³/mol. The zero-order valence-corrected chi connectivity index (χ0v) is 11.6. The van der Waals surface area contributed by atoms with Crippen molar-refractivity contribution in [2.45, 2.75) is 38.0 Å². The van der Waals surface area contributed by atoms with Gasteiger partial charge >= 0.3 is 0 Å². The number of methoxy groups -OCH3 is 1. The molecule has 4 heteroatoms. The van der Waals surface area contributed by atoms with E-state index < -0.39 is 0 Å². The van der Waals surface area contributed by atoms with E-state index in [1.54, 1.807) is 0 Å². The molecule has 100 valence electrons. The van der Waals surface area contributed by atoms with Crippen molar-refractivity contribution in [3.63, 3.8) is 0 Å². The molecule has 1 aromatic carbocycles. The molecule has 0 aromatic heterocycles. The molecule has 0 bridgehead atoms. The number of aryl methyl sites for hydroxylation is 1. The molecule has 2 N–H and O–H groups in total. The van der Waals surface area contributed by atoms with E-state index in [2.05, 4.69) is 0 Å². The second-order valence-corrected chi connectivity index (χ2v) is 5.47. The number of halogens is 2. The van der Waals surface area contributed by atoms with Gasteiger partial charge in [-0.05, 0) is 30.9 Å². The van der Waals surface area contributed by atoms with Crippen molar-refractivity contribution < 1.29 is 9.13 Å². The van der Waals surface area contributed by atoms with Crippen LogP contribution in [0.2, 0.25) is 5.02 Å². The fraction of sp³-hybridized carbons (Fsp3) is 0.571. The Balaban J connectivity index is 2.60. The SMILES string of the molecule is COc1c(F)c(C2(CN)CCCC2)cc(C)c1Cl. The summed E-state index contributed by atoms with van der Waals surface area (Å²) in [5.74, 6) is -0.202. The number of hydrogen-bond donors (Lipinski definition) is 1. The summed E-state index contributed by atoms with van der Waals surface area (Å²) in [7, 11) is 1.44. The molecular weight excluding hydrogens is 253 g/mol. The van der Waals surface area contributed by atoms with Crippen LogP contribution in [0.25, 0.3) is 0 Å². The van der Waals surface area contributed by atoms with E-state index >= 15 is 0 Å². The van der Waals surface area contributed by atoms with E-state index in [0.717, 1.165) is 31.2 Å². The lowest BCUT2D eigenvalue weighted by Gasteiger charge is -2.29. The van der Waals surface area contributed by atoms with Crippen LogP contribution in [0, 0.1) is 12.7 Å². The molecule has 0 aliphatic heterocycles. The minimum absolute atomic E-state index is 0.145. The van der Waals surface area contributed by atoms with Crippen LogP contribution in [-0.2, 0) is 5.41 Å². The second-order valence-electron chi connectivity index (χ2n) is 5.09. The topological polar surface area (TPSA) is 35.2 Å². The molecule has 2 nitrogen and oxygen atoms in total. The van der Waals surface area contributed by atoms with Crippen molar-refractivity contribution in [3.8, 4) is 5.75 Å². The molecule has 2 rings (SSSR count). The Bertz CT molecular complexity index is 456. The summed E-state index contributed by atoms with van der Waals surface area (Å²) in [4.78, 5) is 0. The summed E-state index contributed by atoms with van der Waals surface area (Å²) in [6.45, 7) is 2.33. The zero-order chi connectivity index (χ0) is 13.3. The van der Waals surface area contributed by atoms with E-state index in [1.807, 2.05) is 13.0 Å². The van der Waals surface area contributed by atoms with Crippen LogP contribution in [0.15, 0.2) is 6.07 Å². The fourth-order valence-electron chi connectivity index (χ4n) is 2.94. The molecule has 0 saturated heterocycles. The lowest BCUT2D eigenvalue weighted by molar-refractivity contribution is 0.367. The third-order valence-electron chi connectivity index (χ3n) is 4.07. The number of hydrogen-bond acceptors (Lipinski definition) is 2. The van der Waals surface area contributed by atoms with Gasteiger partial charge in [-0.3, -0.25) is 0 Å². The largest absolute Gasteiger partial charge is 0.492 e. The quantitative estimate of drug-likeness (QED) is 0.912. The standard InChI is InChI=1S/C14H19ClFNO/c1-9-7-10(12(16)13(18-2)11(9)15)14(8-17)5-3-4-6-14/h7H,3-6,8,17H2,1-2H3. The molecular formula is C14H19ClFNO. The van der Waals surface area contributed by atoms with Gasteiger partial charge in [-0.15, -0.1) is 0 Å². The van der Waals surface area contributed by atoms with Crippen LogP contribution in [0.1, 0.15) is 36.8 Å². The first-order valence-corrected chi connectivity index (χ1v) is 6.66. The second kappa shape index (κ2) is 5.06. The Hall–Kier alpha value is -0.800. The summed E-state index contributed by atoms with van der Waals surface area (Å²) in [6.07, 6.45) is 4.07. The van der Waals surface area contributed by atoms with E-state index in [9.17, 15) is 4.39 Å². The van der Waals surface area contributed by atoms with Crippen molar-refractivity contribution in [2.24, 2.45) is 5.73 Å². The van der Waals surface area contributed by atoms with Gasteiger partial charge in [-0.1, -0.05) is 30.5 Å². The Morgan fingerprint density at radius 1 is 1.44 bits per heavy atom. The minimum atomic E-state index is -0.347. The third-order valence-corrected chi connectivity index (χ3v) is 4.54.